The fraction of sp³-hybridized carbons (Fsp3) is 0.947. The molecule has 0 fully saturated rings. The molecule has 0 saturated heterocycles. The Bertz CT molecular complexity index is 1850. The molecule has 0 aliphatic heterocycles. The quantitative estimate of drug-likeness (QED) is 0.0222. The van der Waals surface area contributed by atoms with Crippen molar-refractivity contribution < 1.29 is 80.2 Å². The summed E-state index contributed by atoms with van der Waals surface area (Å²) in [6.45, 7) is 11.9. The number of carbonyl (C=O) groups is 4. The SMILES string of the molecule is CCCCCCCCCCCC(=O)OC[C@H](COP(=O)(O)OC[C@H](O)COP(=O)(O)OC[C@@H](COC(=O)CCCCCCCCCCCCCCCCC(C)CC)OC(=O)CCCCCCCCCCCCCCCCCC(C)C)OC(=O)CCCCCCCCCC(C)C. The summed E-state index contributed by atoms with van der Waals surface area (Å²) in [5.41, 5.74) is 0. The molecule has 0 saturated carbocycles. The zero-order chi connectivity index (χ0) is 70.1. The van der Waals surface area contributed by atoms with Crippen LogP contribution in [0, 0.1) is 17.8 Å². The lowest BCUT2D eigenvalue weighted by atomic mass is 9.99. The average Bonchev–Trinajstić information content (AvgIpc) is 1.49. The van der Waals surface area contributed by atoms with Gasteiger partial charge in [-0.25, -0.2) is 9.13 Å². The molecule has 3 unspecified atom stereocenters. The molecule has 0 bridgehead atoms. The van der Waals surface area contributed by atoms with Crippen LogP contribution in [0.25, 0.3) is 0 Å². The first-order valence-corrected chi connectivity index (χ1v) is 42.4. The topological polar surface area (TPSA) is 237 Å². The van der Waals surface area contributed by atoms with Crippen LogP contribution in [0.3, 0.4) is 0 Å². The van der Waals surface area contributed by atoms with Gasteiger partial charge in [0, 0.05) is 25.7 Å². The normalized spacial score (nSPS) is 14.4. The highest BCUT2D eigenvalue weighted by Gasteiger charge is 2.30. The van der Waals surface area contributed by atoms with Crippen molar-refractivity contribution in [2.45, 2.75) is 407 Å². The van der Waals surface area contributed by atoms with Crippen LogP contribution < -0.4 is 0 Å². The molecule has 3 N–H and O–H groups in total. The first kappa shape index (κ1) is 93.1. The molecule has 0 rings (SSSR count). The van der Waals surface area contributed by atoms with E-state index in [-0.39, 0.29) is 25.7 Å². The van der Waals surface area contributed by atoms with Crippen molar-refractivity contribution in [3.8, 4) is 0 Å². The third-order valence-electron chi connectivity index (χ3n) is 18.0. The molecule has 17 nitrogen and oxygen atoms in total. The Morgan fingerprint density at radius 2 is 0.537 bits per heavy atom. The minimum Gasteiger partial charge on any atom is -0.462 e. The third kappa shape index (κ3) is 69.0. The van der Waals surface area contributed by atoms with Gasteiger partial charge in [0.25, 0.3) is 0 Å². The van der Waals surface area contributed by atoms with Gasteiger partial charge in [-0.2, -0.15) is 0 Å². The second-order valence-electron chi connectivity index (χ2n) is 28.6. The van der Waals surface area contributed by atoms with Crippen LogP contribution in [0.2, 0.25) is 0 Å². The van der Waals surface area contributed by atoms with Crippen molar-refractivity contribution in [3.05, 3.63) is 0 Å². The molecule has 95 heavy (non-hydrogen) atoms. The van der Waals surface area contributed by atoms with E-state index in [4.69, 9.17) is 37.0 Å². The lowest BCUT2D eigenvalue weighted by Crippen LogP contribution is -2.30. The zero-order valence-corrected chi connectivity index (χ0v) is 63.9. The highest BCUT2D eigenvalue weighted by atomic mass is 31.2. The number of esters is 4. The smallest absolute Gasteiger partial charge is 0.462 e. The molecule has 6 atom stereocenters. The van der Waals surface area contributed by atoms with Crippen LogP contribution in [-0.4, -0.2) is 96.7 Å². The van der Waals surface area contributed by atoms with E-state index in [1.54, 1.807) is 0 Å². The number of phosphoric ester groups is 2. The van der Waals surface area contributed by atoms with Crippen molar-refractivity contribution in [2.75, 3.05) is 39.6 Å². The number of hydrogen-bond acceptors (Lipinski definition) is 15. The average molecular weight is 1400 g/mol. The maximum atomic E-state index is 13.1. The van der Waals surface area contributed by atoms with Gasteiger partial charge in [-0.3, -0.25) is 37.3 Å². The third-order valence-corrected chi connectivity index (χ3v) is 19.9. The summed E-state index contributed by atoms with van der Waals surface area (Å²) < 4.78 is 68.4. The number of unbranched alkanes of at least 4 members (excludes halogenated alkanes) is 41. The zero-order valence-electron chi connectivity index (χ0n) is 62.1. The fourth-order valence-electron chi connectivity index (χ4n) is 11.6. The molecule has 0 aromatic heterocycles. The van der Waals surface area contributed by atoms with E-state index >= 15 is 0 Å². The molecule has 0 aliphatic rings. The molecule has 0 aliphatic carbocycles. The number of carbonyl (C=O) groups excluding carboxylic acids is 4. The molecular formula is C76H148O17P2. The second-order valence-corrected chi connectivity index (χ2v) is 31.5. The van der Waals surface area contributed by atoms with Crippen LogP contribution in [0.15, 0.2) is 0 Å². The van der Waals surface area contributed by atoms with E-state index in [2.05, 4.69) is 48.5 Å². The predicted molar refractivity (Wildman–Crippen MR) is 386 cm³/mol. The molecule has 0 heterocycles. The van der Waals surface area contributed by atoms with Gasteiger partial charge in [0.2, 0.25) is 0 Å². The summed E-state index contributed by atoms with van der Waals surface area (Å²) >= 11 is 0. The summed E-state index contributed by atoms with van der Waals surface area (Å²) in [6, 6.07) is 0. The fourth-order valence-corrected chi connectivity index (χ4v) is 13.1. The lowest BCUT2D eigenvalue weighted by molar-refractivity contribution is -0.161. The van der Waals surface area contributed by atoms with E-state index in [9.17, 15) is 43.2 Å². The van der Waals surface area contributed by atoms with Gasteiger partial charge in [0.05, 0.1) is 26.4 Å². The maximum Gasteiger partial charge on any atom is 0.472 e. The second kappa shape index (κ2) is 66.6. The number of aliphatic hydroxyl groups is 1. The molecule has 0 spiro atoms. The van der Waals surface area contributed by atoms with Crippen LogP contribution in [0.4, 0.5) is 0 Å². The Morgan fingerprint density at radius 3 is 0.800 bits per heavy atom. The predicted octanol–water partition coefficient (Wildman–Crippen LogP) is 22.2. The summed E-state index contributed by atoms with van der Waals surface area (Å²) in [6.07, 6.45) is 52.8. The van der Waals surface area contributed by atoms with E-state index in [0.717, 1.165) is 102 Å². The Hall–Kier alpha value is -1.94. The molecule has 0 amide bonds. The van der Waals surface area contributed by atoms with Crippen molar-refractivity contribution in [3.63, 3.8) is 0 Å². The van der Waals surface area contributed by atoms with E-state index < -0.39 is 97.5 Å². The number of aliphatic hydroxyl groups excluding tert-OH is 1. The molecular weight excluding hydrogens is 1250 g/mol. The summed E-state index contributed by atoms with van der Waals surface area (Å²) in [5.74, 6) is 0.227. The van der Waals surface area contributed by atoms with E-state index in [0.29, 0.717) is 31.6 Å². The Kier molecular flexibility index (Phi) is 65.2. The van der Waals surface area contributed by atoms with Crippen molar-refractivity contribution in [1.29, 1.82) is 0 Å². The van der Waals surface area contributed by atoms with Crippen LogP contribution >= 0.6 is 15.6 Å². The Morgan fingerprint density at radius 1 is 0.305 bits per heavy atom. The number of hydrogen-bond donors (Lipinski definition) is 3. The first-order chi connectivity index (χ1) is 45.8. The van der Waals surface area contributed by atoms with Gasteiger partial charge in [0.1, 0.15) is 19.3 Å². The highest BCUT2D eigenvalue weighted by Crippen LogP contribution is 2.45. The molecule has 0 aromatic carbocycles. The largest absolute Gasteiger partial charge is 0.472 e. The Balaban J connectivity index is 5.21. The van der Waals surface area contributed by atoms with Gasteiger partial charge < -0.3 is 33.8 Å². The van der Waals surface area contributed by atoms with Gasteiger partial charge in [-0.05, 0) is 43.4 Å². The van der Waals surface area contributed by atoms with E-state index in [1.165, 1.54) is 199 Å². The van der Waals surface area contributed by atoms with Crippen molar-refractivity contribution >= 4 is 39.5 Å². The van der Waals surface area contributed by atoms with Gasteiger partial charge in [0.15, 0.2) is 12.2 Å². The number of rotatable bonds is 74. The Labute approximate surface area is 581 Å². The van der Waals surface area contributed by atoms with Crippen molar-refractivity contribution in [1.82, 2.24) is 0 Å². The molecule has 0 aromatic rings. The van der Waals surface area contributed by atoms with Crippen LogP contribution in [0.5, 0.6) is 0 Å². The first-order valence-electron chi connectivity index (χ1n) is 39.4. The van der Waals surface area contributed by atoms with Gasteiger partial charge in [-0.15, -0.1) is 0 Å². The van der Waals surface area contributed by atoms with Gasteiger partial charge in [-0.1, -0.05) is 337 Å². The highest BCUT2D eigenvalue weighted by molar-refractivity contribution is 7.47. The summed E-state index contributed by atoms with van der Waals surface area (Å²) in [4.78, 5) is 72.7. The van der Waals surface area contributed by atoms with Gasteiger partial charge >= 0.3 is 39.5 Å². The maximum absolute atomic E-state index is 13.1. The monoisotopic (exact) mass is 1400 g/mol. The number of ether oxygens (including phenoxy) is 4. The number of phosphoric acid groups is 2. The summed E-state index contributed by atoms with van der Waals surface area (Å²) in [5, 5.41) is 10.6. The van der Waals surface area contributed by atoms with Crippen molar-refractivity contribution in [2.24, 2.45) is 17.8 Å². The van der Waals surface area contributed by atoms with E-state index in [1.807, 2.05) is 0 Å². The molecule has 564 valence electrons. The van der Waals surface area contributed by atoms with Crippen LogP contribution in [-0.2, 0) is 65.4 Å². The minimum atomic E-state index is -4.96. The molecule has 0 radical (unpaired) electrons. The lowest BCUT2D eigenvalue weighted by Gasteiger charge is -2.21. The summed E-state index contributed by atoms with van der Waals surface area (Å²) in [7, 11) is -9.91. The minimum absolute atomic E-state index is 0.103. The standard InChI is InChI=1S/C76H148O17P2/c1-8-10-11-12-13-27-36-43-50-57-73(78)86-64-72(93-76(81)60-53-46-39-32-34-41-48-55-68(5)6)66-91-95(84,85)89-62-70(77)61-88-94(82,83)90-65-71(92-75(80)59-52-45-38-31-26-22-16-14-15-19-23-28-33-40-47-54-67(3)4)63-87-74(79)58-51-44-37-30-25-21-18-17-20-24-29-35-42-49-56-69(7)9-2/h67-72,77H,8-66H2,1-7H3,(H,82,83)(H,84,85)/t69?,70-,71-,72-/m1/s1. The van der Waals surface area contributed by atoms with Crippen LogP contribution in [0.1, 0.15) is 389 Å². The molecule has 19 heteroatoms.